The first-order valence-corrected chi connectivity index (χ1v) is 8.49. The van der Waals surface area contributed by atoms with Crippen LogP contribution in [0.2, 0.25) is 0 Å². The molecule has 0 saturated carbocycles. The van der Waals surface area contributed by atoms with Gasteiger partial charge in [-0.1, -0.05) is 36.4 Å². The summed E-state index contributed by atoms with van der Waals surface area (Å²) in [5.41, 5.74) is 3.21. The number of hydrogen-bond acceptors (Lipinski definition) is 3. The third-order valence-corrected chi connectivity index (χ3v) is 4.46. The van der Waals surface area contributed by atoms with E-state index in [1.54, 1.807) is 17.5 Å². The highest BCUT2D eigenvalue weighted by Crippen LogP contribution is 2.22. The summed E-state index contributed by atoms with van der Waals surface area (Å²) < 4.78 is 0. The average molecular weight is 322 g/mol. The van der Waals surface area contributed by atoms with E-state index in [2.05, 4.69) is 16.4 Å². The maximum absolute atomic E-state index is 12.0. The Morgan fingerprint density at radius 1 is 1.04 bits per heavy atom. The van der Waals surface area contributed by atoms with Crippen LogP contribution in [0.4, 0.5) is 0 Å². The van der Waals surface area contributed by atoms with E-state index in [9.17, 15) is 4.79 Å². The maximum atomic E-state index is 12.0. The van der Waals surface area contributed by atoms with Gasteiger partial charge in [0, 0.05) is 19.2 Å². The number of hydrogen-bond donors (Lipinski definition) is 1. The van der Waals surface area contributed by atoms with Crippen molar-refractivity contribution >= 4 is 17.2 Å². The van der Waals surface area contributed by atoms with Gasteiger partial charge in [-0.05, 0) is 41.1 Å². The molecule has 1 N–H and O–H groups in total. The van der Waals surface area contributed by atoms with Gasteiger partial charge in [0.05, 0.1) is 10.6 Å². The van der Waals surface area contributed by atoms with Crippen LogP contribution < -0.4 is 5.32 Å². The third kappa shape index (κ3) is 4.50. The molecular formula is C19H18N2OS. The molecule has 2 aromatic heterocycles. The highest BCUT2D eigenvalue weighted by molar-refractivity contribution is 7.13. The Bertz CT molecular complexity index is 754. The van der Waals surface area contributed by atoms with Crippen molar-refractivity contribution in [2.45, 2.75) is 19.4 Å². The standard InChI is InChI=1S/C19H18N2OS/c22-19(9-8-15-5-2-1-3-6-15)21-14-16-10-11-20-17(13-16)18-7-4-12-23-18/h1-7,10-13H,8-9,14H2,(H,21,22). The van der Waals surface area contributed by atoms with E-state index in [-0.39, 0.29) is 5.91 Å². The molecule has 3 rings (SSSR count). The second-order valence-electron chi connectivity index (χ2n) is 5.29. The van der Waals surface area contributed by atoms with Crippen molar-refractivity contribution in [3.8, 4) is 10.6 Å². The van der Waals surface area contributed by atoms with Crippen LogP contribution in [0, 0.1) is 0 Å². The van der Waals surface area contributed by atoms with Gasteiger partial charge >= 0.3 is 0 Å². The van der Waals surface area contributed by atoms with Gasteiger partial charge in [0.25, 0.3) is 0 Å². The lowest BCUT2D eigenvalue weighted by Crippen LogP contribution is -2.23. The van der Waals surface area contributed by atoms with Crippen LogP contribution in [0.25, 0.3) is 10.6 Å². The second-order valence-corrected chi connectivity index (χ2v) is 6.24. The van der Waals surface area contributed by atoms with Crippen molar-refractivity contribution in [3.05, 3.63) is 77.3 Å². The van der Waals surface area contributed by atoms with Gasteiger partial charge in [-0.3, -0.25) is 9.78 Å². The zero-order valence-corrected chi connectivity index (χ0v) is 13.6. The van der Waals surface area contributed by atoms with Crippen molar-refractivity contribution in [3.63, 3.8) is 0 Å². The molecule has 3 aromatic rings. The molecule has 1 aromatic carbocycles. The molecule has 0 unspecified atom stereocenters. The van der Waals surface area contributed by atoms with Crippen LogP contribution in [0.15, 0.2) is 66.2 Å². The number of aryl methyl sites for hydroxylation is 1. The Kier molecular flexibility index (Phi) is 5.17. The minimum Gasteiger partial charge on any atom is -0.352 e. The Balaban J connectivity index is 1.52. The van der Waals surface area contributed by atoms with Crippen LogP contribution in [0.1, 0.15) is 17.5 Å². The molecule has 0 fully saturated rings. The van der Waals surface area contributed by atoms with E-state index in [0.717, 1.165) is 22.6 Å². The monoisotopic (exact) mass is 322 g/mol. The van der Waals surface area contributed by atoms with Crippen LogP contribution in [-0.2, 0) is 17.8 Å². The van der Waals surface area contributed by atoms with Crippen molar-refractivity contribution in [2.24, 2.45) is 0 Å². The number of rotatable bonds is 6. The third-order valence-electron chi connectivity index (χ3n) is 3.57. The van der Waals surface area contributed by atoms with Crippen LogP contribution >= 0.6 is 11.3 Å². The molecule has 0 bridgehead atoms. The average Bonchev–Trinajstić information content (AvgIpc) is 3.14. The number of pyridine rings is 1. The van der Waals surface area contributed by atoms with Crippen molar-refractivity contribution in [1.29, 1.82) is 0 Å². The number of benzene rings is 1. The molecule has 4 heteroatoms. The lowest BCUT2D eigenvalue weighted by atomic mass is 10.1. The number of amides is 1. The molecule has 3 nitrogen and oxygen atoms in total. The number of nitrogens with zero attached hydrogens (tertiary/aromatic N) is 1. The normalized spacial score (nSPS) is 10.4. The zero-order chi connectivity index (χ0) is 15.9. The topological polar surface area (TPSA) is 42.0 Å². The second kappa shape index (κ2) is 7.70. The molecular weight excluding hydrogens is 304 g/mol. The summed E-state index contributed by atoms with van der Waals surface area (Å²) >= 11 is 1.67. The predicted octanol–water partition coefficient (Wildman–Crippen LogP) is 4.06. The Morgan fingerprint density at radius 3 is 2.70 bits per heavy atom. The molecule has 0 aliphatic rings. The first-order valence-electron chi connectivity index (χ1n) is 7.61. The van der Waals surface area contributed by atoms with E-state index >= 15 is 0 Å². The Labute approximate surface area is 140 Å². The highest BCUT2D eigenvalue weighted by Gasteiger charge is 2.05. The SMILES string of the molecule is O=C(CCc1ccccc1)NCc1ccnc(-c2cccs2)c1. The maximum Gasteiger partial charge on any atom is 0.220 e. The largest absolute Gasteiger partial charge is 0.352 e. The summed E-state index contributed by atoms with van der Waals surface area (Å²) in [6.07, 6.45) is 3.07. The van der Waals surface area contributed by atoms with Gasteiger partial charge in [-0.25, -0.2) is 0 Å². The molecule has 0 aliphatic heterocycles. The smallest absolute Gasteiger partial charge is 0.220 e. The van der Waals surface area contributed by atoms with Gasteiger partial charge in [0.15, 0.2) is 0 Å². The van der Waals surface area contributed by atoms with Crippen LogP contribution in [-0.4, -0.2) is 10.9 Å². The van der Waals surface area contributed by atoms with E-state index in [1.165, 1.54) is 5.56 Å². The minimum absolute atomic E-state index is 0.0725. The van der Waals surface area contributed by atoms with E-state index in [0.29, 0.717) is 13.0 Å². The fourth-order valence-corrected chi connectivity index (χ4v) is 3.03. The van der Waals surface area contributed by atoms with Crippen LogP contribution in [0.3, 0.4) is 0 Å². The molecule has 0 aliphatic carbocycles. The van der Waals surface area contributed by atoms with Crippen molar-refractivity contribution in [2.75, 3.05) is 0 Å². The van der Waals surface area contributed by atoms with Gasteiger partial charge in [-0.2, -0.15) is 0 Å². The number of carbonyl (C=O) groups is 1. The van der Waals surface area contributed by atoms with Gasteiger partial charge < -0.3 is 5.32 Å². The number of aromatic nitrogens is 1. The van der Waals surface area contributed by atoms with Gasteiger partial charge in [0.1, 0.15) is 0 Å². The molecule has 0 spiro atoms. The zero-order valence-electron chi connectivity index (χ0n) is 12.7. The first kappa shape index (κ1) is 15.4. The molecule has 2 heterocycles. The minimum atomic E-state index is 0.0725. The summed E-state index contributed by atoms with van der Waals surface area (Å²) in [6.45, 7) is 0.536. The van der Waals surface area contributed by atoms with Gasteiger partial charge in [-0.15, -0.1) is 11.3 Å². The fourth-order valence-electron chi connectivity index (χ4n) is 2.33. The van der Waals surface area contributed by atoms with Gasteiger partial charge in [0.2, 0.25) is 5.91 Å². The fraction of sp³-hybridized carbons (Fsp3) is 0.158. The molecule has 23 heavy (non-hydrogen) atoms. The molecule has 0 saturated heterocycles. The molecule has 0 atom stereocenters. The van der Waals surface area contributed by atoms with Crippen LogP contribution in [0.5, 0.6) is 0 Å². The predicted molar refractivity (Wildman–Crippen MR) is 94.2 cm³/mol. The molecule has 1 amide bonds. The molecule has 0 radical (unpaired) electrons. The summed E-state index contributed by atoms with van der Waals surface area (Å²) in [6, 6.07) is 18.1. The summed E-state index contributed by atoms with van der Waals surface area (Å²) in [4.78, 5) is 17.5. The Hall–Kier alpha value is -2.46. The quantitative estimate of drug-likeness (QED) is 0.743. The van der Waals surface area contributed by atoms with Crippen molar-refractivity contribution in [1.82, 2.24) is 10.3 Å². The number of thiophene rings is 1. The van der Waals surface area contributed by atoms with E-state index in [1.807, 2.05) is 53.9 Å². The number of nitrogens with one attached hydrogen (secondary N) is 1. The number of carbonyl (C=O) groups excluding carboxylic acids is 1. The lowest BCUT2D eigenvalue weighted by molar-refractivity contribution is -0.121. The van der Waals surface area contributed by atoms with E-state index in [4.69, 9.17) is 0 Å². The Morgan fingerprint density at radius 2 is 1.91 bits per heavy atom. The summed E-state index contributed by atoms with van der Waals surface area (Å²) in [5.74, 6) is 0.0725. The lowest BCUT2D eigenvalue weighted by Gasteiger charge is -2.06. The van der Waals surface area contributed by atoms with Crippen molar-refractivity contribution < 1.29 is 4.79 Å². The summed E-state index contributed by atoms with van der Waals surface area (Å²) in [5, 5.41) is 5.02. The summed E-state index contributed by atoms with van der Waals surface area (Å²) in [7, 11) is 0. The molecule has 116 valence electrons. The highest BCUT2D eigenvalue weighted by atomic mass is 32.1. The first-order chi connectivity index (χ1) is 11.3. The van der Waals surface area contributed by atoms with E-state index < -0.39 is 0 Å².